The molecule has 0 atom stereocenters. The summed E-state index contributed by atoms with van der Waals surface area (Å²) in [5, 5.41) is 10.6. The average Bonchev–Trinajstić information content (AvgIpc) is 2.47. The summed E-state index contributed by atoms with van der Waals surface area (Å²) >= 11 is 0. The Morgan fingerprint density at radius 3 is 2.50 bits per heavy atom. The topological polar surface area (TPSA) is 61.6 Å². The molecule has 0 amide bonds. The van der Waals surface area contributed by atoms with Crippen molar-refractivity contribution >= 4 is 5.69 Å². The van der Waals surface area contributed by atoms with E-state index in [2.05, 4.69) is 20.8 Å². The summed E-state index contributed by atoms with van der Waals surface area (Å²) in [6.07, 6.45) is 5.14. The quantitative estimate of drug-likeness (QED) is 0.382. The van der Waals surface area contributed by atoms with Crippen molar-refractivity contribution in [1.29, 1.82) is 0 Å². The minimum Gasteiger partial charge on any atom is -0.490 e. The second-order valence-electron chi connectivity index (χ2n) is 5.93. The van der Waals surface area contributed by atoms with E-state index in [4.69, 9.17) is 9.47 Å². The second kappa shape index (κ2) is 8.54. The van der Waals surface area contributed by atoms with Gasteiger partial charge in [0.05, 0.1) is 10.5 Å². The summed E-state index contributed by atoms with van der Waals surface area (Å²) in [4.78, 5) is 10.1. The lowest BCUT2D eigenvalue weighted by molar-refractivity contribution is -0.384. The largest absolute Gasteiger partial charge is 0.490 e. The lowest BCUT2D eigenvalue weighted by Crippen LogP contribution is -2.21. The van der Waals surface area contributed by atoms with Crippen molar-refractivity contribution < 1.29 is 14.4 Å². The van der Waals surface area contributed by atoms with Crippen LogP contribution in [-0.2, 0) is 4.74 Å². The van der Waals surface area contributed by atoms with Gasteiger partial charge in [-0.1, -0.05) is 5.57 Å². The first-order chi connectivity index (χ1) is 10.3. The number of hydrogen-bond acceptors (Lipinski definition) is 4. The maximum absolute atomic E-state index is 10.6. The zero-order valence-electron chi connectivity index (χ0n) is 13.8. The SMILES string of the molecule is COC(C)(C)CCC/C(C)=C/COc1ccc([N+](=O)[O-])cc1. The minimum absolute atomic E-state index is 0.0693. The summed E-state index contributed by atoms with van der Waals surface area (Å²) in [6.45, 7) is 6.73. The van der Waals surface area contributed by atoms with Crippen LogP contribution in [0.3, 0.4) is 0 Å². The Balaban J connectivity index is 2.33. The smallest absolute Gasteiger partial charge is 0.269 e. The number of nitro benzene ring substituents is 1. The number of ether oxygens (including phenoxy) is 2. The molecule has 0 aliphatic rings. The van der Waals surface area contributed by atoms with Crippen molar-refractivity contribution in [1.82, 2.24) is 0 Å². The van der Waals surface area contributed by atoms with Crippen molar-refractivity contribution in [2.45, 2.75) is 45.6 Å². The zero-order chi connectivity index (χ0) is 16.6. The molecule has 0 saturated heterocycles. The van der Waals surface area contributed by atoms with Crippen LogP contribution in [0.25, 0.3) is 0 Å². The average molecular weight is 307 g/mol. The Kier molecular flexibility index (Phi) is 7.05. The van der Waals surface area contributed by atoms with Gasteiger partial charge in [0, 0.05) is 19.2 Å². The summed E-state index contributed by atoms with van der Waals surface area (Å²) < 4.78 is 10.9. The van der Waals surface area contributed by atoms with Crippen LogP contribution in [0.4, 0.5) is 5.69 Å². The fourth-order valence-electron chi connectivity index (χ4n) is 1.94. The number of nitro groups is 1. The number of allylic oxidation sites excluding steroid dienone is 1. The van der Waals surface area contributed by atoms with E-state index in [0.29, 0.717) is 12.4 Å². The molecule has 0 spiro atoms. The van der Waals surface area contributed by atoms with E-state index in [0.717, 1.165) is 19.3 Å². The van der Waals surface area contributed by atoms with E-state index in [1.54, 1.807) is 19.2 Å². The van der Waals surface area contributed by atoms with Crippen LogP contribution in [0.15, 0.2) is 35.9 Å². The van der Waals surface area contributed by atoms with Gasteiger partial charge in [0.25, 0.3) is 5.69 Å². The molecule has 0 bridgehead atoms. The molecule has 0 unspecified atom stereocenters. The molecule has 1 aromatic carbocycles. The van der Waals surface area contributed by atoms with Crippen molar-refractivity contribution in [2.75, 3.05) is 13.7 Å². The number of hydrogen-bond donors (Lipinski definition) is 0. The zero-order valence-corrected chi connectivity index (χ0v) is 13.8. The predicted octanol–water partition coefficient (Wildman–Crippen LogP) is 4.52. The fourth-order valence-corrected chi connectivity index (χ4v) is 1.94. The first kappa shape index (κ1) is 18.2. The number of non-ortho nitro benzene ring substituents is 1. The Labute approximate surface area is 132 Å². The highest BCUT2D eigenvalue weighted by molar-refractivity contribution is 5.36. The van der Waals surface area contributed by atoms with Crippen LogP contribution in [0.1, 0.15) is 40.0 Å². The molecule has 5 heteroatoms. The molecule has 0 heterocycles. The molecular weight excluding hydrogens is 282 g/mol. The van der Waals surface area contributed by atoms with Gasteiger partial charge in [-0.3, -0.25) is 10.1 Å². The van der Waals surface area contributed by atoms with Crippen LogP contribution < -0.4 is 4.74 Å². The molecule has 0 N–H and O–H groups in total. The highest BCUT2D eigenvalue weighted by atomic mass is 16.6. The number of methoxy groups -OCH3 is 1. The van der Waals surface area contributed by atoms with Gasteiger partial charge in [-0.2, -0.15) is 0 Å². The summed E-state index contributed by atoms with van der Waals surface area (Å²) in [6, 6.07) is 6.11. The van der Waals surface area contributed by atoms with Gasteiger partial charge in [-0.25, -0.2) is 0 Å². The normalized spacial score (nSPS) is 12.3. The molecule has 0 fully saturated rings. The van der Waals surface area contributed by atoms with Crippen molar-refractivity contribution in [2.24, 2.45) is 0 Å². The highest BCUT2D eigenvalue weighted by Crippen LogP contribution is 2.19. The van der Waals surface area contributed by atoms with E-state index in [-0.39, 0.29) is 11.3 Å². The lowest BCUT2D eigenvalue weighted by Gasteiger charge is -2.22. The van der Waals surface area contributed by atoms with Gasteiger partial charge in [0.1, 0.15) is 12.4 Å². The Bertz CT molecular complexity index is 506. The maximum atomic E-state index is 10.6. The van der Waals surface area contributed by atoms with Crippen molar-refractivity contribution in [3.05, 3.63) is 46.0 Å². The van der Waals surface area contributed by atoms with Gasteiger partial charge < -0.3 is 9.47 Å². The molecule has 0 aromatic heterocycles. The number of benzene rings is 1. The molecule has 122 valence electrons. The van der Waals surface area contributed by atoms with Gasteiger partial charge in [-0.15, -0.1) is 0 Å². The fraction of sp³-hybridized carbons (Fsp3) is 0.529. The molecular formula is C17H25NO4. The molecule has 5 nitrogen and oxygen atoms in total. The first-order valence-electron chi connectivity index (χ1n) is 7.42. The van der Waals surface area contributed by atoms with E-state index < -0.39 is 4.92 Å². The third-order valence-electron chi connectivity index (χ3n) is 3.63. The van der Waals surface area contributed by atoms with Crippen LogP contribution in [0, 0.1) is 10.1 Å². The Morgan fingerprint density at radius 1 is 1.32 bits per heavy atom. The standard InChI is InChI=1S/C17H25NO4/c1-14(6-5-12-17(2,3)21-4)11-13-22-16-9-7-15(8-10-16)18(19)20/h7-11H,5-6,12-13H2,1-4H3/b14-11+. The van der Waals surface area contributed by atoms with Crippen LogP contribution >= 0.6 is 0 Å². The Hall–Kier alpha value is -1.88. The van der Waals surface area contributed by atoms with E-state index in [9.17, 15) is 10.1 Å². The molecule has 0 radical (unpaired) electrons. The van der Waals surface area contributed by atoms with E-state index in [1.165, 1.54) is 17.7 Å². The summed E-state index contributed by atoms with van der Waals surface area (Å²) in [5.41, 5.74) is 1.27. The minimum atomic E-state index is -0.421. The maximum Gasteiger partial charge on any atom is 0.269 e. The lowest BCUT2D eigenvalue weighted by atomic mass is 9.99. The van der Waals surface area contributed by atoms with Crippen LogP contribution in [-0.4, -0.2) is 24.2 Å². The summed E-state index contributed by atoms with van der Waals surface area (Å²) in [7, 11) is 1.74. The molecule has 0 aliphatic heterocycles. The van der Waals surface area contributed by atoms with Crippen molar-refractivity contribution in [3.63, 3.8) is 0 Å². The molecule has 0 saturated carbocycles. The Morgan fingerprint density at radius 2 is 1.95 bits per heavy atom. The van der Waals surface area contributed by atoms with Crippen molar-refractivity contribution in [3.8, 4) is 5.75 Å². The number of rotatable bonds is 9. The van der Waals surface area contributed by atoms with Gasteiger partial charge in [0.2, 0.25) is 0 Å². The van der Waals surface area contributed by atoms with E-state index in [1.807, 2.05) is 6.08 Å². The monoisotopic (exact) mass is 307 g/mol. The molecule has 1 aromatic rings. The highest BCUT2D eigenvalue weighted by Gasteiger charge is 2.15. The van der Waals surface area contributed by atoms with Gasteiger partial charge >= 0.3 is 0 Å². The molecule has 1 rings (SSSR count). The number of nitrogens with zero attached hydrogens (tertiary/aromatic N) is 1. The van der Waals surface area contributed by atoms with Crippen LogP contribution in [0.5, 0.6) is 5.75 Å². The van der Waals surface area contributed by atoms with Crippen LogP contribution in [0.2, 0.25) is 0 Å². The van der Waals surface area contributed by atoms with Gasteiger partial charge in [0.15, 0.2) is 0 Å². The predicted molar refractivity (Wildman–Crippen MR) is 87.3 cm³/mol. The van der Waals surface area contributed by atoms with Gasteiger partial charge in [-0.05, 0) is 58.2 Å². The molecule has 22 heavy (non-hydrogen) atoms. The molecule has 0 aliphatic carbocycles. The summed E-state index contributed by atoms with van der Waals surface area (Å²) in [5.74, 6) is 0.634. The second-order valence-corrected chi connectivity index (χ2v) is 5.93. The third kappa shape index (κ3) is 6.72. The third-order valence-corrected chi connectivity index (χ3v) is 3.63. The first-order valence-corrected chi connectivity index (χ1v) is 7.42. The van der Waals surface area contributed by atoms with E-state index >= 15 is 0 Å².